The summed E-state index contributed by atoms with van der Waals surface area (Å²) in [6.45, 7) is 9.76. The number of likely N-dealkylation sites (tertiary alicyclic amines) is 1. The summed E-state index contributed by atoms with van der Waals surface area (Å²) in [6, 6.07) is 6.06. The lowest BCUT2D eigenvalue weighted by atomic mass is 9.91. The van der Waals surface area contributed by atoms with Crippen molar-refractivity contribution in [1.29, 1.82) is 10.5 Å². The molecule has 2 aromatic carbocycles. The topological polar surface area (TPSA) is 163 Å². The average molecular weight is 846 g/mol. The summed E-state index contributed by atoms with van der Waals surface area (Å²) in [7, 11) is 3.23. The predicted octanol–water partition coefficient (Wildman–Crippen LogP) is 8.96. The van der Waals surface area contributed by atoms with Gasteiger partial charge in [0, 0.05) is 41.3 Å². The zero-order valence-corrected chi connectivity index (χ0v) is 33.7. The Hall–Kier alpha value is -5.53. The van der Waals surface area contributed by atoms with Gasteiger partial charge < -0.3 is 30.7 Å². The molecule has 0 amide bonds. The monoisotopic (exact) mass is 845 g/mol. The lowest BCUT2D eigenvalue weighted by Gasteiger charge is -2.30. The van der Waals surface area contributed by atoms with Gasteiger partial charge in [0.15, 0.2) is 5.82 Å². The van der Waals surface area contributed by atoms with Crippen LogP contribution in [0.2, 0.25) is 0 Å². The van der Waals surface area contributed by atoms with Crippen LogP contribution >= 0.6 is 11.8 Å². The lowest BCUT2D eigenvalue weighted by Crippen LogP contribution is -2.31. The Bertz CT molecular complexity index is 2330. The van der Waals surface area contributed by atoms with Gasteiger partial charge in [-0.1, -0.05) is 32.2 Å². The van der Waals surface area contributed by atoms with Gasteiger partial charge in [0.1, 0.15) is 53.0 Å². The van der Waals surface area contributed by atoms with Gasteiger partial charge in [-0.25, -0.2) is 22.5 Å². The SMILES string of the molecule is C=C(N)Sc1c(F)ccc(-c2c(C(F)(F)F)c3c4c(nc(OC)nc4c2F)N([C@H](C)c2cc(C#N)cnc2N)CCO3)c1C#N.CC.CN1CCCC1CC1CC1(F)F. The van der Waals surface area contributed by atoms with Crippen LogP contribution in [0.1, 0.15) is 74.8 Å². The number of hydrogen-bond acceptors (Lipinski definition) is 12. The number of alkyl halides is 5. The Balaban J connectivity index is 0.000000398. The highest BCUT2D eigenvalue weighted by Gasteiger charge is 2.57. The third-order valence-electron chi connectivity index (χ3n) is 10.2. The number of nitrogens with two attached hydrogens (primary N) is 2. The van der Waals surface area contributed by atoms with E-state index in [0.29, 0.717) is 29.8 Å². The molecule has 1 saturated carbocycles. The van der Waals surface area contributed by atoms with E-state index < -0.39 is 73.6 Å². The maximum Gasteiger partial charge on any atom is 0.420 e. The molecule has 59 heavy (non-hydrogen) atoms. The van der Waals surface area contributed by atoms with E-state index in [2.05, 4.69) is 26.4 Å². The summed E-state index contributed by atoms with van der Waals surface area (Å²) < 4.78 is 113. The van der Waals surface area contributed by atoms with Crippen LogP contribution in [0.4, 0.5) is 42.4 Å². The van der Waals surface area contributed by atoms with E-state index in [0.717, 1.165) is 25.1 Å². The van der Waals surface area contributed by atoms with Crippen LogP contribution in [0.5, 0.6) is 11.8 Å². The fraction of sp³-hybridized carbons (Fsp3) is 0.425. The van der Waals surface area contributed by atoms with Crippen LogP contribution in [-0.2, 0) is 6.18 Å². The summed E-state index contributed by atoms with van der Waals surface area (Å²) in [4.78, 5) is 15.7. The zero-order chi connectivity index (χ0) is 43.6. The molecule has 4 N–H and O–H groups in total. The van der Waals surface area contributed by atoms with E-state index in [1.807, 2.05) is 27.0 Å². The highest BCUT2D eigenvalue weighted by Crippen LogP contribution is 2.54. The second-order valence-corrected chi connectivity index (χ2v) is 15.0. The highest BCUT2D eigenvalue weighted by molar-refractivity contribution is 8.03. The number of benzene rings is 2. The fourth-order valence-electron chi connectivity index (χ4n) is 7.25. The van der Waals surface area contributed by atoms with Crippen molar-refractivity contribution in [3.63, 3.8) is 0 Å². The molecular weight excluding hydrogens is 804 g/mol. The maximum absolute atomic E-state index is 16.7. The molecule has 1 aliphatic carbocycles. The van der Waals surface area contributed by atoms with Crippen LogP contribution in [0, 0.1) is 40.2 Å². The molecule has 3 aliphatic rings. The van der Waals surface area contributed by atoms with Crippen molar-refractivity contribution in [3.8, 4) is 35.0 Å². The van der Waals surface area contributed by atoms with Crippen LogP contribution in [0.3, 0.4) is 0 Å². The van der Waals surface area contributed by atoms with Crippen molar-refractivity contribution in [2.75, 3.05) is 44.5 Å². The quantitative estimate of drug-likeness (QED) is 0.128. The minimum atomic E-state index is -5.25. The summed E-state index contributed by atoms with van der Waals surface area (Å²) in [5.74, 6) is -6.00. The minimum absolute atomic E-state index is 0.0517. The predicted molar refractivity (Wildman–Crippen MR) is 210 cm³/mol. The average Bonchev–Trinajstić information content (AvgIpc) is 3.68. The molecule has 4 heterocycles. The highest BCUT2D eigenvalue weighted by atomic mass is 32.2. The van der Waals surface area contributed by atoms with Gasteiger partial charge in [0.2, 0.25) is 0 Å². The molecule has 11 nitrogen and oxygen atoms in total. The van der Waals surface area contributed by atoms with E-state index in [4.69, 9.17) is 20.9 Å². The van der Waals surface area contributed by atoms with E-state index in [9.17, 15) is 23.7 Å². The fourth-order valence-corrected chi connectivity index (χ4v) is 7.94. The largest absolute Gasteiger partial charge is 0.490 e. The van der Waals surface area contributed by atoms with Gasteiger partial charge in [-0.05, 0) is 58.0 Å². The first-order valence-corrected chi connectivity index (χ1v) is 19.4. The Kier molecular flexibility index (Phi) is 13.4. The Morgan fingerprint density at radius 3 is 2.42 bits per heavy atom. The number of ether oxygens (including phenoxy) is 2. The number of hydrogen-bond donors (Lipinski definition) is 2. The first kappa shape index (κ1) is 44.6. The number of nitrogens with zero attached hydrogens (tertiary/aromatic N) is 7. The Morgan fingerprint density at radius 1 is 1.17 bits per heavy atom. The number of nitriles is 2. The second kappa shape index (κ2) is 17.8. The molecule has 2 aliphatic heterocycles. The molecule has 4 aromatic rings. The van der Waals surface area contributed by atoms with E-state index in [1.54, 1.807) is 13.0 Å². The number of rotatable bonds is 8. The second-order valence-electron chi connectivity index (χ2n) is 13.8. The first-order chi connectivity index (χ1) is 27.9. The van der Waals surface area contributed by atoms with Crippen molar-refractivity contribution in [2.24, 2.45) is 11.7 Å². The molecule has 19 heteroatoms. The first-order valence-electron chi connectivity index (χ1n) is 18.6. The van der Waals surface area contributed by atoms with E-state index in [-0.39, 0.29) is 53.7 Å². The standard InChI is InChI=1S/C29H21F5N8O2S.C9H15F2N.C2H6/c1-12(16-8-14(9-35)11-39-26(16)38)42-6-7-44-24-20-23(40-28(43-3)41-27(20)42)22(31)19(21(24)29(32,33)34)15-4-5-18(30)25(17(15)10-36)45-13(2)37;1-12-4-2-3-8(12)5-7-6-9(7,10)11;1-2/h4-5,8,11-12H,2,6-7,37H2,1,3H3,(H2,38,39);7-8H,2-6H2,1H3;1-2H3/t12-;;/m1../s1. The van der Waals surface area contributed by atoms with Crippen molar-refractivity contribution in [3.05, 3.63) is 69.9 Å². The molecule has 2 aromatic heterocycles. The molecule has 0 spiro atoms. The smallest absolute Gasteiger partial charge is 0.420 e. The van der Waals surface area contributed by atoms with Gasteiger partial charge >= 0.3 is 12.2 Å². The van der Waals surface area contributed by atoms with Gasteiger partial charge in [-0.3, -0.25) is 0 Å². The molecule has 2 unspecified atom stereocenters. The minimum Gasteiger partial charge on any atom is -0.490 e. The number of pyridine rings is 1. The number of methoxy groups -OCH3 is 1. The number of thioether (sulfide) groups is 1. The molecule has 0 radical (unpaired) electrons. The lowest BCUT2D eigenvalue weighted by molar-refractivity contribution is -0.138. The summed E-state index contributed by atoms with van der Waals surface area (Å²) in [5.41, 5.74) is 7.78. The number of halogens is 7. The van der Waals surface area contributed by atoms with Crippen LogP contribution < -0.4 is 25.8 Å². The molecule has 2 fully saturated rings. The van der Waals surface area contributed by atoms with Crippen molar-refractivity contribution >= 4 is 34.3 Å². The van der Waals surface area contributed by atoms with E-state index in [1.165, 1.54) is 30.7 Å². The maximum atomic E-state index is 16.7. The molecule has 314 valence electrons. The normalized spacial score (nSPS) is 18.5. The third-order valence-corrected chi connectivity index (χ3v) is 11.1. The van der Waals surface area contributed by atoms with Gasteiger partial charge in [-0.2, -0.15) is 33.7 Å². The van der Waals surface area contributed by atoms with Gasteiger partial charge in [0.05, 0.1) is 46.1 Å². The van der Waals surface area contributed by atoms with Crippen molar-refractivity contribution < 1.29 is 40.2 Å². The van der Waals surface area contributed by atoms with Crippen LogP contribution in [0.15, 0.2) is 40.9 Å². The van der Waals surface area contributed by atoms with Gasteiger partial charge in [-0.15, -0.1) is 0 Å². The Morgan fingerprint density at radius 2 is 1.86 bits per heavy atom. The number of anilines is 2. The number of aromatic nitrogens is 3. The molecule has 1 saturated heterocycles. The zero-order valence-electron chi connectivity index (χ0n) is 32.9. The van der Waals surface area contributed by atoms with Crippen molar-refractivity contribution in [1.82, 2.24) is 19.9 Å². The van der Waals surface area contributed by atoms with Crippen LogP contribution in [-0.4, -0.2) is 65.7 Å². The summed E-state index contributed by atoms with van der Waals surface area (Å²) in [6.07, 6.45) is -0.842. The molecule has 3 atom stereocenters. The molecule has 7 rings (SSSR count). The summed E-state index contributed by atoms with van der Waals surface area (Å²) in [5, 5.41) is 18.7. The van der Waals surface area contributed by atoms with Crippen LogP contribution in [0.25, 0.3) is 22.0 Å². The van der Waals surface area contributed by atoms with E-state index >= 15 is 17.6 Å². The molecule has 0 bridgehead atoms. The number of nitrogen functional groups attached to an aromatic ring is 1. The summed E-state index contributed by atoms with van der Waals surface area (Å²) >= 11 is 0.509. The van der Waals surface area contributed by atoms with Crippen molar-refractivity contribution in [2.45, 2.75) is 75.5 Å². The van der Waals surface area contributed by atoms with Gasteiger partial charge in [0.25, 0.3) is 5.92 Å². The Labute approximate surface area is 340 Å². The third kappa shape index (κ3) is 9.06. The molecular formula is C40H42F7N9O2S.